The number of rotatable bonds is 0. The van der Waals surface area contributed by atoms with E-state index in [1.165, 1.54) is 72.4 Å². The smallest absolute Gasteiger partial charge is 0.693 e. The molecule has 16 nitrogen and oxygen atoms in total. The summed E-state index contributed by atoms with van der Waals surface area (Å²) in [5.74, 6) is 14.2. The molecule has 0 aromatic rings. The van der Waals surface area contributed by atoms with Gasteiger partial charge in [-0.25, -0.2) is 9.59 Å². The zero-order chi connectivity index (χ0) is 48.5. The van der Waals surface area contributed by atoms with Crippen LogP contribution >= 0.6 is 116 Å². The Hall–Kier alpha value is 8.20. The van der Waals surface area contributed by atoms with E-state index >= 15 is 0 Å². The largest absolute Gasteiger partial charge is 2.00 e. The fourth-order valence-electron chi connectivity index (χ4n) is 0. The average molecular weight is 2540 g/mol. The molecule has 0 aromatic carbocycles. The van der Waals surface area contributed by atoms with Crippen LogP contribution in [0.3, 0.4) is 0 Å². The summed E-state index contributed by atoms with van der Waals surface area (Å²) in [6.45, 7) is 46.9. The monoisotopic (exact) mass is 2540 g/mol. The first-order valence-electron chi connectivity index (χ1n) is 11.9. The molecule has 0 aliphatic heterocycles. The summed E-state index contributed by atoms with van der Waals surface area (Å²) in [7, 11) is 28.2. The number of halogens is 2. The average Bonchev–Trinajstić information content (AvgIpc) is 3.09. The molecular weight excluding hydrogens is 2460 g/mol. The summed E-state index contributed by atoms with van der Waals surface area (Å²) in [6.07, 6.45) is -2.99. The molecule has 0 fully saturated rings. The van der Waals surface area contributed by atoms with Crippen LogP contribution in [0.15, 0.2) is 58.2 Å². The molecule has 0 aliphatic carbocycles. The van der Waals surface area contributed by atoms with Gasteiger partial charge in [0.05, 0.1) is 35.5 Å². The van der Waals surface area contributed by atoms with E-state index < -0.39 is 29.1 Å². The first kappa shape index (κ1) is 260. The molecule has 77 heavy (non-hydrogen) atoms. The van der Waals surface area contributed by atoms with Crippen LogP contribution in [-0.2, 0) is 315 Å². The van der Waals surface area contributed by atoms with Gasteiger partial charge in [0.25, 0.3) is 0 Å². The third-order valence-corrected chi connectivity index (χ3v) is 1.19. The van der Waals surface area contributed by atoms with Crippen LogP contribution in [0.1, 0.15) is 0 Å². The van der Waals surface area contributed by atoms with E-state index in [1.807, 2.05) is 0 Å². The van der Waals surface area contributed by atoms with Crippen LogP contribution in [0.4, 0.5) is 24.0 Å². The van der Waals surface area contributed by atoms with E-state index in [0.717, 1.165) is 21.3 Å². The predicted molar refractivity (Wildman–Crippen MR) is 314 cm³/mol. The Kier molecular flexibility index (Phi) is 1350. The fourth-order valence-corrected chi connectivity index (χ4v) is 0. The molecule has 0 aliphatic rings. The normalized spacial score (nSPS) is 3.86. The Balaban J connectivity index is -0.00000000626. The molecule has 10 radical (unpaired) electrons. The van der Waals surface area contributed by atoms with Crippen molar-refractivity contribution in [3.05, 3.63) is 189 Å². The molecule has 0 saturated carbocycles. The van der Waals surface area contributed by atoms with Gasteiger partial charge in [-0.15, -0.1) is 0 Å². The molecule has 10 unspecified atom stereocenters. The van der Waals surface area contributed by atoms with Crippen molar-refractivity contribution in [3.63, 3.8) is 0 Å². The van der Waals surface area contributed by atoms with E-state index in [0.29, 0.717) is 0 Å². The van der Waals surface area contributed by atoms with Gasteiger partial charge in [-0.2, -0.15) is 92.4 Å². The minimum Gasteiger partial charge on any atom is -0.693 e. The summed E-state index contributed by atoms with van der Waals surface area (Å²) >= 11 is 9.20. The number of nitrogens with one attached hydrogen (secondary N) is 3. The maximum Gasteiger partial charge on any atom is 2.00 e. The van der Waals surface area contributed by atoms with Crippen molar-refractivity contribution >= 4 is 145 Å². The standard InChI is InChI=1S/2C2H3ClO2.3C2H5NO2.10C2H4P.4CH3.3H2N.10V.5W/c5*1-5-2(3)4;10*1-2-3;;;;;;;;;;;;;;;;;;;;;;/h2*1H3;3*1H3,(H2,3,4);10*1-2H,3H2;4*1H3;3*1H2;;;;;;;;;;;;;;;/q;;;;;17*-1;10*+2;;;;;/p-3. The molecule has 9 N–H and O–H groups in total. The van der Waals surface area contributed by atoms with Gasteiger partial charge in [-0.05, 0) is 0 Å². The minimum atomic E-state index is -0.995. The van der Waals surface area contributed by atoms with Gasteiger partial charge >= 0.3 is 196 Å². The maximum absolute atomic E-state index is 9.36. The third-order valence-electron chi connectivity index (χ3n) is 0.877. The van der Waals surface area contributed by atoms with Gasteiger partial charge in [-0.3, -0.25) is 72.6 Å². The van der Waals surface area contributed by atoms with Crippen LogP contribution in [0, 0.1) is 95.5 Å². The Morgan fingerprint density at radius 2 is 0.325 bits per heavy atom. The zero-order valence-electron chi connectivity index (χ0n) is 43.4. The predicted octanol–water partition coefficient (Wildman–Crippen LogP) is 16.4. The fraction of sp³-hybridized carbons (Fsp3) is 0.147. The van der Waals surface area contributed by atoms with Crippen LogP contribution in [0.25, 0.3) is 35.7 Å². The molecule has 0 spiro atoms. The number of carbonyl (C=O) groups is 5. The van der Waals surface area contributed by atoms with Gasteiger partial charge < -0.3 is 155 Å². The number of hydrogen-bond donors (Lipinski definition) is 0. The Morgan fingerprint density at radius 1 is 0.299 bits per heavy atom. The Morgan fingerprint density at radius 3 is 0.325 bits per heavy atom. The van der Waals surface area contributed by atoms with Gasteiger partial charge in [0.2, 0.25) is 18.3 Å². The first-order valence-corrected chi connectivity index (χ1v) is 19.3. The van der Waals surface area contributed by atoms with Crippen molar-refractivity contribution in [1.29, 1.82) is 0 Å². The molecule has 10 atom stereocenters. The number of hydrogen-bond acceptors (Lipinski definition) is 10. The van der Waals surface area contributed by atoms with E-state index in [2.05, 4.69) is 205 Å². The number of amides is 3. The van der Waals surface area contributed by atoms with Crippen LogP contribution in [-0.4, -0.2) is 64.7 Å². The molecule has 3 amide bonds. The van der Waals surface area contributed by atoms with Crippen molar-refractivity contribution in [2.45, 2.75) is 0 Å². The molecule has 0 rings (SSSR count). The molecule has 446 valence electrons. The summed E-state index contributed by atoms with van der Waals surface area (Å²) < 4.78 is 19.1. The molecular formula is C34H76Cl2N6O10P10V10W5. The summed E-state index contributed by atoms with van der Waals surface area (Å²) in [5, 5.41) is 0. The SMILES string of the molecule is COC(=O)Cl.COC(=O)Cl.COC([NH-])=O.COC([NH-])=O.COC([NH-])=O.[CH-]=CP.[CH-]=CP.[CH-]=CP.[CH-]=CP.[CH-]=CP.[CH-]=CP.[CH-]=CP.[CH-]=CP.[CH-]=CP.[CH-]=CP.[CH3-].[CH3-].[CH3-].[CH3-].[NH2-].[NH2-].[NH2-].[V+2].[V+2].[V+2].[V+2].[V+2].[V+2].[V+2].[V+2].[V+2].[V+2].[W].[W].[W].[W].[W]. The van der Waals surface area contributed by atoms with Crippen molar-refractivity contribution < 1.29 is 339 Å². The zero-order valence-corrected chi connectivity index (χ0v) is 85.1. The van der Waals surface area contributed by atoms with Crippen LogP contribution in [0.2, 0.25) is 0 Å². The van der Waals surface area contributed by atoms with Gasteiger partial charge in [0.15, 0.2) is 0 Å². The van der Waals surface area contributed by atoms with Crippen molar-refractivity contribution in [2.75, 3.05) is 35.5 Å². The summed E-state index contributed by atoms with van der Waals surface area (Å²) in [5.41, 5.74) is 16.3. The van der Waals surface area contributed by atoms with E-state index in [4.69, 9.17) is 17.2 Å². The molecule has 0 saturated heterocycles. The molecule has 0 aromatic heterocycles. The number of nitrogens with two attached hydrogens (primary N) is 3. The van der Waals surface area contributed by atoms with Gasteiger partial charge in [0.1, 0.15) is 0 Å². The summed E-state index contributed by atoms with van der Waals surface area (Å²) in [6, 6.07) is 0. The van der Waals surface area contributed by atoms with Crippen molar-refractivity contribution in [3.8, 4) is 0 Å². The number of ether oxygens (including phenoxy) is 5. The van der Waals surface area contributed by atoms with Gasteiger partial charge in [-0.1, -0.05) is 0 Å². The number of carbonyl (C=O) groups excluding carboxylic acids is 5. The topological polar surface area (TPSA) is 303 Å². The van der Waals surface area contributed by atoms with E-state index in [9.17, 15) is 24.0 Å². The molecule has 43 heteroatoms. The Labute approximate surface area is 697 Å². The first-order chi connectivity index (χ1) is 25.5. The van der Waals surface area contributed by atoms with E-state index in [1.54, 1.807) is 0 Å². The molecule has 0 heterocycles. The van der Waals surface area contributed by atoms with Gasteiger partial charge in [0, 0.05) is 129 Å². The maximum atomic E-state index is 9.36. The van der Waals surface area contributed by atoms with Crippen molar-refractivity contribution in [1.82, 2.24) is 0 Å². The van der Waals surface area contributed by atoms with Crippen molar-refractivity contribution in [2.24, 2.45) is 0 Å². The molecule has 0 bridgehead atoms. The second-order valence-electron chi connectivity index (χ2n) is 4.28. The van der Waals surface area contributed by atoms with Crippen LogP contribution in [0.5, 0.6) is 0 Å². The summed E-state index contributed by atoms with van der Waals surface area (Å²) in [4.78, 5) is 46.5. The Bertz CT molecular complexity index is 743. The second-order valence-corrected chi connectivity index (χ2v) is 8.75. The quantitative estimate of drug-likeness (QED) is 0.0955. The third kappa shape index (κ3) is 1720. The van der Waals surface area contributed by atoms with Crippen LogP contribution < -0.4 is 0 Å². The number of methoxy groups -OCH3 is 5. The second kappa shape index (κ2) is 399. The van der Waals surface area contributed by atoms with E-state index in [-0.39, 0.29) is 339 Å². The minimum absolute atomic E-state index is 0.